The topological polar surface area (TPSA) is 56.0 Å². The molecule has 1 aliphatic carbocycles. The standard InChI is InChI=1S/C14H13BrN2O2/c15-11-6-2-1-4-9(11)8-13-16-14(19-17-13)10-5-3-7-12(10)18/h1-2,4,6,10H,3,5,7-8H2. The first kappa shape index (κ1) is 12.5. The maximum atomic E-state index is 11.7. The third-order valence-electron chi connectivity index (χ3n) is 3.39. The normalized spacial score (nSPS) is 19.0. The average molecular weight is 321 g/mol. The van der Waals surface area contributed by atoms with Crippen molar-refractivity contribution in [2.45, 2.75) is 31.6 Å². The van der Waals surface area contributed by atoms with Crippen molar-refractivity contribution in [3.63, 3.8) is 0 Å². The van der Waals surface area contributed by atoms with Gasteiger partial charge in [0.05, 0.1) is 5.92 Å². The van der Waals surface area contributed by atoms with E-state index >= 15 is 0 Å². The highest BCUT2D eigenvalue weighted by Crippen LogP contribution is 2.30. The number of carbonyl (C=O) groups is 1. The van der Waals surface area contributed by atoms with E-state index < -0.39 is 0 Å². The fourth-order valence-corrected chi connectivity index (χ4v) is 2.79. The molecular weight excluding hydrogens is 308 g/mol. The number of rotatable bonds is 3. The van der Waals surface area contributed by atoms with E-state index in [-0.39, 0.29) is 11.7 Å². The van der Waals surface area contributed by atoms with Crippen molar-refractivity contribution in [2.24, 2.45) is 0 Å². The molecule has 1 aromatic carbocycles. The highest BCUT2D eigenvalue weighted by molar-refractivity contribution is 9.10. The zero-order valence-electron chi connectivity index (χ0n) is 10.3. The van der Waals surface area contributed by atoms with E-state index in [0.717, 1.165) is 22.9 Å². The van der Waals surface area contributed by atoms with Crippen LogP contribution in [0.2, 0.25) is 0 Å². The number of benzene rings is 1. The fraction of sp³-hybridized carbons (Fsp3) is 0.357. The molecule has 1 aromatic heterocycles. The van der Waals surface area contributed by atoms with Gasteiger partial charge < -0.3 is 4.52 Å². The van der Waals surface area contributed by atoms with E-state index in [0.29, 0.717) is 24.6 Å². The Labute approximate surface area is 119 Å². The Morgan fingerprint density at radius 2 is 2.21 bits per heavy atom. The average Bonchev–Trinajstić information content (AvgIpc) is 3.01. The second-order valence-corrected chi connectivity index (χ2v) is 5.58. The smallest absolute Gasteiger partial charge is 0.237 e. The van der Waals surface area contributed by atoms with Crippen LogP contribution in [0.5, 0.6) is 0 Å². The van der Waals surface area contributed by atoms with Gasteiger partial charge in [0.1, 0.15) is 5.78 Å². The SMILES string of the molecule is O=C1CCCC1c1nc(Cc2ccccc2Br)no1. The lowest BCUT2D eigenvalue weighted by atomic mass is 10.1. The molecule has 5 heteroatoms. The Morgan fingerprint density at radius 3 is 2.95 bits per heavy atom. The molecule has 0 saturated heterocycles. The van der Waals surface area contributed by atoms with Gasteiger partial charge in [0.25, 0.3) is 0 Å². The van der Waals surface area contributed by atoms with Gasteiger partial charge in [0, 0.05) is 17.3 Å². The minimum Gasteiger partial charge on any atom is -0.339 e. The number of nitrogens with zero attached hydrogens (tertiary/aromatic N) is 2. The molecular formula is C14H13BrN2O2. The number of hydrogen-bond donors (Lipinski definition) is 0. The number of Topliss-reactive ketones (excluding diaryl/α,β-unsaturated/α-hetero) is 1. The van der Waals surface area contributed by atoms with Crippen LogP contribution in [0.1, 0.15) is 42.5 Å². The third kappa shape index (κ3) is 2.61. The molecule has 1 saturated carbocycles. The van der Waals surface area contributed by atoms with Gasteiger partial charge in [-0.15, -0.1) is 0 Å². The first-order valence-electron chi connectivity index (χ1n) is 6.32. The van der Waals surface area contributed by atoms with Gasteiger partial charge in [-0.2, -0.15) is 4.98 Å². The van der Waals surface area contributed by atoms with Crippen molar-refractivity contribution in [2.75, 3.05) is 0 Å². The number of aromatic nitrogens is 2. The van der Waals surface area contributed by atoms with Crippen LogP contribution in [-0.2, 0) is 11.2 Å². The zero-order chi connectivity index (χ0) is 13.2. The van der Waals surface area contributed by atoms with Crippen molar-refractivity contribution in [3.8, 4) is 0 Å². The Morgan fingerprint density at radius 1 is 1.37 bits per heavy atom. The first-order chi connectivity index (χ1) is 9.24. The predicted molar refractivity (Wildman–Crippen MR) is 72.8 cm³/mol. The van der Waals surface area contributed by atoms with Gasteiger partial charge in [-0.05, 0) is 24.5 Å². The molecule has 0 N–H and O–H groups in total. The van der Waals surface area contributed by atoms with E-state index in [9.17, 15) is 4.79 Å². The van der Waals surface area contributed by atoms with E-state index in [2.05, 4.69) is 26.1 Å². The lowest BCUT2D eigenvalue weighted by Crippen LogP contribution is -2.04. The van der Waals surface area contributed by atoms with Crippen LogP contribution in [0.3, 0.4) is 0 Å². The summed E-state index contributed by atoms with van der Waals surface area (Å²) in [5, 5.41) is 3.97. The van der Waals surface area contributed by atoms with Gasteiger partial charge in [-0.25, -0.2) is 0 Å². The van der Waals surface area contributed by atoms with Gasteiger partial charge in [-0.1, -0.05) is 39.3 Å². The summed E-state index contributed by atoms with van der Waals surface area (Å²) >= 11 is 3.50. The summed E-state index contributed by atoms with van der Waals surface area (Å²) in [6.07, 6.45) is 2.99. The Bertz CT molecular complexity index is 609. The molecule has 1 atom stereocenters. The first-order valence-corrected chi connectivity index (χ1v) is 7.12. The van der Waals surface area contributed by atoms with Crippen LogP contribution in [-0.4, -0.2) is 15.9 Å². The summed E-state index contributed by atoms with van der Waals surface area (Å²) < 4.78 is 6.26. The van der Waals surface area contributed by atoms with Crippen molar-refractivity contribution in [1.82, 2.24) is 10.1 Å². The molecule has 0 radical (unpaired) electrons. The number of carbonyl (C=O) groups excluding carboxylic acids is 1. The van der Waals surface area contributed by atoms with Gasteiger partial charge >= 0.3 is 0 Å². The van der Waals surface area contributed by atoms with Crippen LogP contribution in [0.25, 0.3) is 0 Å². The maximum Gasteiger partial charge on any atom is 0.237 e. The summed E-state index contributed by atoms with van der Waals surface area (Å²) in [7, 11) is 0. The van der Waals surface area contributed by atoms with Crippen LogP contribution < -0.4 is 0 Å². The summed E-state index contributed by atoms with van der Waals surface area (Å²) in [5.74, 6) is 1.14. The van der Waals surface area contributed by atoms with Gasteiger partial charge in [-0.3, -0.25) is 4.79 Å². The Hall–Kier alpha value is -1.49. The molecule has 1 unspecified atom stereocenters. The van der Waals surface area contributed by atoms with Crippen molar-refractivity contribution < 1.29 is 9.32 Å². The molecule has 4 nitrogen and oxygen atoms in total. The minimum absolute atomic E-state index is 0.180. The van der Waals surface area contributed by atoms with Crippen LogP contribution in [0.4, 0.5) is 0 Å². The molecule has 19 heavy (non-hydrogen) atoms. The van der Waals surface area contributed by atoms with Crippen molar-refractivity contribution in [1.29, 1.82) is 0 Å². The second-order valence-electron chi connectivity index (χ2n) is 4.73. The summed E-state index contributed by atoms with van der Waals surface area (Å²) in [6.45, 7) is 0. The lowest BCUT2D eigenvalue weighted by Gasteiger charge is -2.00. The Balaban J connectivity index is 1.78. The number of ketones is 1. The molecule has 0 amide bonds. The third-order valence-corrected chi connectivity index (χ3v) is 4.17. The zero-order valence-corrected chi connectivity index (χ0v) is 11.9. The molecule has 0 bridgehead atoms. The number of halogens is 1. The van der Waals surface area contributed by atoms with Gasteiger partial charge in [0.2, 0.25) is 5.89 Å². The quantitative estimate of drug-likeness (QED) is 0.871. The fourth-order valence-electron chi connectivity index (χ4n) is 2.37. The highest BCUT2D eigenvalue weighted by atomic mass is 79.9. The van der Waals surface area contributed by atoms with Crippen LogP contribution in [0, 0.1) is 0 Å². The largest absolute Gasteiger partial charge is 0.339 e. The predicted octanol–water partition coefficient (Wildman–Crippen LogP) is 3.26. The summed E-state index contributed by atoms with van der Waals surface area (Å²) in [4.78, 5) is 16.0. The monoisotopic (exact) mass is 320 g/mol. The van der Waals surface area contributed by atoms with E-state index in [4.69, 9.17) is 4.52 Å². The summed E-state index contributed by atoms with van der Waals surface area (Å²) in [5.41, 5.74) is 1.10. The molecule has 1 heterocycles. The van der Waals surface area contributed by atoms with Crippen molar-refractivity contribution >= 4 is 21.7 Å². The maximum absolute atomic E-state index is 11.7. The summed E-state index contributed by atoms with van der Waals surface area (Å²) in [6, 6.07) is 7.94. The van der Waals surface area contributed by atoms with E-state index in [1.54, 1.807) is 0 Å². The number of hydrogen-bond acceptors (Lipinski definition) is 4. The lowest BCUT2D eigenvalue weighted by molar-refractivity contribution is -0.119. The molecule has 0 aliphatic heterocycles. The van der Waals surface area contributed by atoms with Crippen molar-refractivity contribution in [3.05, 3.63) is 46.0 Å². The van der Waals surface area contributed by atoms with Gasteiger partial charge in [0.15, 0.2) is 5.82 Å². The molecule has 98 valence electrons. The highest BCUT2D eigenvalue weighted by Gasteiger charge is 2.30. The molecule has 2 aromatic rings. The molecule has 0 spiro atoms. The Kier molecular flexibility index (Phi) is 3.46. The molecule has 1 aliphatic rings. The second kappa shape index (κ2) is 5.25. The van der Waals surface area contributed by atoms with Crippen LogP contribution in [0.15, 0.2) is 33.3 Å². The van der Waals surface area contributed by atoms with Crippen LogP contribution >= 0.6 is 15.9 Å². The van der Waals surface area contributed by atoms with E-state index in [1.807, 2.05) is 24.3 Å². The van der Waals surface area contributed by atoms with E-state index in [1.165, 1.54) is 0 Å². The molecule has 3 rings (SSSR count). The molecule has 1 fully saturated rings. The minimum atomic E-state index is -0.180.